The maximum atomic E-state index is 12.3. The molecule has 0 radical (unpaired) electrons. The van der Waals surface area contributed by atoms with E-state index in [1.165, 1.54) is 4.31 Å². The van der Waals surface area contributed by atoms with Crippen molar-refractivity contribution < 1.29 is 23.1 Å². The number of aliphatic hydroxyl groups excluding tert-OH is 1. The number of hydrogen-bond acceptors (Lipinski definition) is 6. The predicted molar refractivity (Wildman–Crippen MR) is 74.7 cm³/mol. The minimum atomic E-state index is -3.56. The van der Waals surface area contributed by atoms with E-state index in [0.717, 1.165) is 0 Å². The fourth-order valence-corrected chi connectivity index (χ4v) is 4.02. The number of β-amino-alcohol motifs (C(OH)–C–C–N with tert-alkyl or cyclic N) is 1. The van der Waals surface area contributed by atoms with Crippen LogP contribution in [-0.2, 0) is 19.6 Å². The first-order chi connectivity index (χ1) is 9.26. The Balaban J connectivity index is 2.66. The summed E-state index contributed by atoms with van der Waals surface area (Å²) in [6.07, 6.45) is -0.369. The Kier molecular flexibility index (Phi) is 6.38. The highest BCUT2D eigenvalue weighted by molar-refractivity contribution is 7.89. The van der Waals surface area contributed by atoms with Gasteiger partial charge in [0.05, 0.1) is 24.9 Å². The number of nitrogens with zero attached hydrogens (tertiary/aromatic N) is 2. The van der Waals surface area contributed by atoms with E-state index in [2.05, 4.69) is 0 Å². The lowest BCUT2D eigenvalue weighted by Crippen LogP contribution is -2.42. The molecule has 0 aromatic heterocycles. The van der Waals surface area contributed by atoms with Crippen LogP contribution in [0.25, 0.3) is 0 Å². The Bertz CT molecular complexity index is 424. The molecule has 1 N–H and O–H groups in total. The first kappa shape index (κ1) is 17.4. The lowest BCUT2D eigenvalue weighted by molar-refractivity contribution is -0.142. The summed E-state index contributed by atoms with van der Waals surface area (Å²) in [6.45, 7) is 2.57. The first-order valence-electron chi connectivity index (χ1n) is 6.74. The summed E-state index contributed by atoms with van der Waals surface area (Å²) in [5.74, 6) is -0.789. The Morgan fingerprint density at radius 3 is 2.65 bits per heavy atom. The standard InChI is InChI=1S/C12H24N2O5S/c1-4-19-12(16)5-6-20(17,18)14-9-11(15)7-10(14)8-13(2)3/h10-11,15H,4-9H2,1-3H3. The van der Waals surface area contributed by atoms with Crippen LogP contribution in [0.1, 0.15) is 19.8 Å². The molecule has 0 aromatic rings. The van der Waals surface area contributed by atoms with Gasteiger partial charge in [0.1, 0.15) is 0 Å². The number of ether oxygens (including phenoxy) is 1. The summed E-state index contributed by atoms with van der Waals surface area (Å²) in [7, 11) is 0.155. The Labute approximate surface area is 120 Å². The van der Waals surface area contributed by atoms with Crippen LogP contribution in [0.15, 0.2) is 0 Å². The molecule has 1 heterocycles. The third-order valence-corrected chi connectivity index (χ3v) is 5.03. The van der Waals surface area contributed by atoms with Crippen molar-refractivity contribution in [2.75, 3.05) is 39.5 Å². The molecule has 0 spiro atoms. The monoisotopic (exact) mass is 308 g/mol. The highest BCUT2D eigenvalue weighted by Crippen LogP contribution is 2.22. The lowest BCUT2D eigenvalue weighted by Gasteiger charge is -2.25. The average molecular weight is 308 g/mol. The van der Waals surface area contributed by atoms with Gasteiger partial charge >= 0.3 is 5.97 Å². The molecule has 1 aliphatic heterocycles. The number of esters is 1. The molecule has 0 aromatic carbocycles. The topological polar surface area (TPSA) is 87.2 Å². The summed E-state index contributed by atoms with van der Waals surface area (Å²) in [5.41, 5.74) is 0. The number of hydrogen-bond donors (Lipinski definition) is 1. The molecule has 2 unspecified atom stereocenters. The predicted octanol–water partition coefficient (Wildman–Crippen LogP) is -0.734. The number of aliphatic hydroxyl groups is 1. The molecule has 0 bridgehead atoms. The molecular weight excluding hydrogens is 284 g/mol. The van der Waals surface area contributed by atoms with Crippen molar-refractivity contribution in [3.63, 3.8) is 0 Å². The Morgan fingerprint density at radius 2 is 2.10 bits per heavy atom. The van der Waals surface area contributed by atoms with Crippen molar-refractivity contribution in [1.82, 2.24) is 9.21 Å². The van der Waals surface area contributed by atoms with Crippen LogP contribution in [-0.4, -0.2) is 80.4 Å². The summed E-state index contributed by atoms with van der Waals surface area (Å²) in [6, 6.07) is -0.243. The van der Waals surface area contributed by atoms with Gasteiger partial charge in [-0.2, -0.15) is 4.31 Å². The highest BCUT2D eigenvalue weighted by Gasteiger charge is 2.38. The van der Waals surface area contributed by atoms with Crippen molar-refractivity contribution in [1.29, 1.82) is 0 Å². The van der Waals surface area contributed by atoms with Crippen molar-refractivity contribution in [2.24, 2.45) is 0 Å². The van der Waals surface area contributed by atoms with Gasteiger partial charge in [0.25, 0.3) is 0 Å². The van der Waals surface area contributed by atoms with E-state index in [1.54, 1.807) is 6.92 Å². The first-order valence-corrected chi connectivity index (χ1v) is 8.35. The van der Waals surface area contributed by atoms with Gasteiger partial charge in [-0.25, -0.2) is 8.42 Å². The number of rotatable bonds is 7. The van der Waals surface area contributed by atoms with Crippen LogP contribution in [0.2, 0.25) is 0 Å². The summed E-state index contributed by atoms with van der Waals surface area (Å²) < 4.78 is 30.6. The molecule has 2 atom stereocenters. The van der Waals surface area contributed by atoms with Gasteiger partial charge in [0.2, 0.25) is 10.0 Å². The smallest absolute Gasteiger partial charge is 0.306 e. The molecular formula is C12H24N2O5S. The van der Waals surface area contributed by atoms with Crippen LogP contribution in [0.3, 0.4) is 0 Å². The van der Waals surface area contributed by atoms with Gasteiger partial charge in [-0.1, -0.05) is 0 Å². The largest absolute Gasteiger partial charge is 0.466 e. The van der Waals surface area contributed by atoms with Crippen LogP contribution in [0.4, 0.5) is 0 Å². The Morgan fingerprint density at radius 1 is 1.45 bits per heavy atom. The van der Waals surface area contributed by atoms with Crippen molar-refractivity contribution in [3.8, 4) is 0 Å². The second-order valence-corrected chi connectivity index (χ2v) is 7.29. The van der Waals surface area contributed by atoms with Gasteiger partial charge in [0.15, 0.2) is 0 Å². The van der Waals surface area contributed by atoms with Gasteiger partial charge in [-0.05, 0) is 27.4 Å². The van der Waals surface area contributed by atoms with Gasteiger partial charge in [-0.15, -0.1) is 0 Å². The second kappa shape index (κ2) is 7.35. The maximum absolute atomic E-state index is 12.3. The quantitative estimate of drug-likeness (QED) is 0.624. The molecule has 7 nitrogen and oxygen atoms in total. The normalized spacial score (nSPS) is 24.2. The third-order valence-electron chi connectivity index (χ3n) is 3.14. The number of carbonyl (C=O) groups is 1. The molecule has 118 valence electrons. The minimum absolute atomic E-state index is 0.101. The molecule has 0 saturated carbocycles. The molecule has 0 amide bonds. The van der Waals surface area contributed by atoms with Crippen LogP contribution in [0.5, 0.6) is 0 Å². The van der Waals surface area contributed by atoms with E-state index >= 15 is 0 Å². The average Bonchev–Trinajstić information content (AvgIpc) is 2.68. The van der Waals surface area contributed by atoms with Crippen LogP contribution >= 0.6 is 0 Å². The lowest BCUT2D eigenvalue weighted by atomic mass is 10.2. The summed E-state index contributed by atoms with van der Waals surface area (Å²) >= 11 is 0. The zero-order valence-electron chi connectivity index (χ0n) is 12.3. The van der Waals surface area contributed by atoms with Gasteiger partial charge in [-0.3, -0.25) is 4.79 Å². The molecule has 0 aliphatic carbocycles. The number of sulfonamides is 1. The molecule has 8 heteroatoms. The second-order valence-electron chi connectivity index (χ2n) is 5.25. The minimum Gasteiger partial charge on any atom is -0.466 e. The summed E-state index contributed by atoms with van der Waals surface area (Å²) in [5, 5.41) is 9.69. The maximum Gasteiger partial charge on any atom is 0.306 e. The Hall–Kier alpha value is -0.700. The SMILES string of the molecule is CCOC(=O)CCS(=O)(=O)N1CC(O)CC1CN(C)C. The fraction of sp³-hybridized carbons (Fsp3) is 0.917. The van der Waals surface area contributed by atoms with Gasteiger partial charge in [0, 0.05) is 19.1 Å². The zero-order chi connectivity index (χ0) is 15.3. The van der Waals surface area contributed by atoms with E-state index in [4.69, 9.17) is 4.74 Å². The van der Waals surface area contributed by atoms with E-state index in [-0.39, 0.29) is 31.4 Å². The molecule has 1 rings (SSSR count). The van der Waals surface area contributed by atoms with E-state index < -0.39 is 22.1 Å². The van der Waals surface area contributed by atoms with Crippen LogP contribution in [0, 0.1) is 0 Å². The van der Waals surface area contributed by atoms with E-state index in [9.17, 15) is 18.3 Å². The fourth-order valence-electron chi connectivity index (χ4n) is 2.35. The van der Waals surface area contributed by atoms with Gasteiger partial charge < -0.3 is 14.7 Å². The van der Waals surface area contributed by atoms with Crippen molar-refractivity contribution in [2.45, 2.75) is 31.9 Å². The van der Waals surface area contributed by atoms with E-state index in [0.29, 0.717) is 13.0 Å². The molecule has 1 saturated heterocycles. The number of likely N-dealkylation sites (N-methyl/N-ethyl adjacent to an activating group) is 1. The number of carbonyl (C=O) groups excluding carboxylic acids is 1. The van der Waals surface area contributed by atoms with E-state index in [1.807, 2.05) is 19.0 Å². The molecule has 1 fully saturated rings. The third kappa shape index (κ3) is 5.01. The van der Waals surface area contributed by atoms with Crippen molar-refractivity contribution in [3.05, 3.63) is 0 Å². The summed E-state index contributed by atoms with van der Waals surface area (Å²) in [4.78, 5) is 13.2. The van der Waals surface area contributed by atoms with Crippen LogP contribution < -0.4 is 0 Å². The van der Waals surface area contributed by atoms with Crippen molar-refractivity contribution >= 4 is 16.0 Å². The molecule has 1 aliphatic rings. The highest BCUT2D eigenvalue weighted by atomic mass is 32.2. The molecule has 20 heavy (non-hydrogen) atoms. The zero-order valence-corrected chi connectivity index (χ0v) is 13.1.